The number of aromatic nitrogens is 1. The van der Waals surface area contributed by atoms with Crippen LogP contribution in [-0.2, 0) is 22.3 Å². The summed E-state index contributed by atoms with van der Waals surface area (Å²) in [7, 11) is 1.55. The number of carbonyl (C=O) groups is 2. The molecule has 0 bridgehead atoms. The molecule has 0 unspecified atom stereocenters. The van der Waals surface area contributed by atoms with Gasteiger partial charge in [0.15, 0.2) is 5.78 Å². The van der Waals surface area contributed by atoms with Crippen molar-refractivity contribution in [1.29, 1.82) is 0 Å². The van der Waals surface area contributed by atoms with Crippen molar-refractivity contribution in [2.75, 3.05) is 20.3 Å². The number of hydrogen-bond acceptors (Lipinski definition) is 4. The van der Waals surface area contributed by atoms with Crippen molar-refractivity contribution in [3.05, 3.63) is 57.9 Å². The summed E-state index contributed by atoms with van der Waals surface area (Å²) < 4.78 is 10.1. The number of esters is 1. The molecule has 3 rings (SSSR count). The highest BCUT2D eigenvalue weighted by atomic mass is 16.6. The summed E-state index contributed by atoms with van der Waals surface area (Å²) in [5.74, 6) is -0.220. The van der Waals surface area contributed by atoms with Crippen molar-refractivity contribution < 1.29 is 19.1 Å². The van der Waals surface area contributed by atoms with Gasteiger partial charge in [-0.3, -0.25) is 4.79 Å². The van der Waals surface area contributed by atoms with E-state index >= 15 is 0 Å². The fraction of sp³-hybridized carbons (Fsp3) is 0.429. The van der Waals surface area contributed by atoms with Crippen LogP contribution in [0.15, 0.2) is 24.3 Å². The second kappa shape index (κ2) is 7.87. The summed E-state index contributed by atoms with van der Waals surface area (Å²) in [4.78, 5) is 28.1. The molecule has 1 N–H and O–H groups in total. The Morgan fingerprint density at radius 1 is 1.19 bits per heavy atom. The Morgan fingerprint density at radius 3 is 2.58 bits per heavy atom. The van der Waals surface area contributed by atoms with Crippen LogP contribution in [0.4, 0.5) is 0 Å². The zero-order valence-electron chi connectivity index (χ0n) is 15.6. The molecule has 5 nitrogen and oxygen atoms in total. The van der Waals surface area contributed by atoms with E-state index in [1.54, 1.807) is 14.0 Å². The molecule has 26 heavy (non-hydrogen) atoms. The third-order valence-electron chi connectivity index (χ3n) is 5.07. The third-order valence-corrected chi connectivity index (χ3v) is 5.07. The average Bonchev–Trinajstić information content (AvgIpc) is 2.99. The number of aromatic amines is 1. The molecule has 1 heterocycles. The Hall–Kier alpha value is -2.40. The number of aryl methyl sites for hydroxylation is 1. The van der Waals surface area contributed by atoms with Gasteiger partial charge in [-0.2, -0.15) is 0 Å². The SMILES string of the molecule is CCc1ccc([C@@H]2CC(=O)c3c([nH]c(C(=O)OCCOC)c3C)C2)cc1. The number of ketones is 1. The van der Waals surface area contributed by atoms with E-state index in [2.05, 4.69) is 36.2 Å². The van der Waals surface area contributed by atoms with E-state index in [0.717, 1.165) is 24.1 Å². The number of rotatable bonds is 6. The van der Waals surface area contributed by atoms with Gasteiger partial charge in [0.1, 0.15) is 12.3 Å². The van der Waals surface area contributed by atoms with E-state index in [1.807, 2.05) is 0 Å². The number of fused-ring (bicyclic) bond motifs is 1. The maximum Gasteiger partial charge on any atom is 0.355 e. The molecule has 5 heteroatoms. The largest absolute Gasteiger partial charge is 0.459 e. The number of nitrogens with one attached hydrogen (secondary N) is 1. The van der Waals surface area contributed by atoms with Crippen LogP contribution in [0.5, 0.6) is 0 Å². The van der Waals surface area contributed by atoms with Gasteiger partial charge in [0.2, 0.25) is 0 Å². The van der Waals surface area contributed by atoms with E-state index in [4.69, 9.17) is 9.47 Å². The van der Waals surface area contributed by atoms with Gasteiger partial charge in [-0.15, -0.1) is 0 Å². The van der Waals surface area contributed by atoms with Crippen LogP contribution >= 0.6 is 0 Å². The van der Waals surface area contributed by atoms with Gasteiger partial charge in [-0.1, -0.05) is 31.2 Å². The smallest absolute Gasteiger partial charge is 0.355 e. The lowest BCUT2D eigenvalue weighted by Crippen LogP contribution is -2.18. The fourth-order valence-electron chi connectivity index (χ4n) is 3.59. The predicted octanol–water partition coefficient (Wildman–Crippen LogP) is 3.60. The maximum absolute atomic E-state index is 12.7. The van der Waals surface area contributed by atoms with Gasteiger partial charge in [0.25, 0.3) is 0 Å². The monoisotopic (exact) mass is 355 g/mol. The van der Waals surface area contributed by atoms with Crippen molar-refractivity contribution in [2.45, 2.75) is 39.0 Å². The minimum atomic E-state index is -0.439. The summed E-state index contributed by atoms with van der Waals surface area (Å²) in [6.07, 6.45) is 2.19. The number of benzene rings is 1. The molecule has 1 aliphatic rings. The first-order chi connectivity index (χ1) is 12.5. The average molecular weight is 355 g/mol. The van der Waals surface area contributed by atoms with Gasteiger partial charge in [-0.05, 0) is 42.4 Å². The maximum atomic E-state index is 12.7. The Morgan fingerprint density at radius 2 is 1.92 bits per heavy atom. The van der Waals surface area contributed by atoms with Crippen LogP contribution in [-0.4, -0.2) is 37.1 Å². The molecule has 0 spiro atoms. The Kier molecular flexibility index (Phi) is 5.57. The highest BCUT2D eigenvalue weighted by molar-refractivity contribution is 6.03. The highest BCUT2D eigenvalue weighted by Crippen LogP contribution is 2.35. The summed E-state index contributed by atoms with van der Waals surface area (Å²) in [5, 5.41) is 0. The van der Waals surface area contributed by atoms with Gasteiger partial charge in [-0.25, -0.2) is 4.79 Å². The second-order valence-electron chi connectivity index (χ2n) is 6.73. The van der Waals surface area contributed by atoms with Crippen LogP contribution in [0.25, 0.3) is 0 Å². The van der Waals surface area contributed by atoms with Gasteiger partial charge in [0, 0.05) is 24.8 Å². The van der Waals surface area contributed by atoms with Crippen molar-refractivity contribution in [3.8, 4) is 0 Å². The van der Waals surface area contributed by atoms with E-state index in [-0.39, 0.29) is 18.3 Å². The molecule has 0 saturated heterocycles. The molecule has 1 aromatic carbocycles. The summed E-state index contributed by atoms with van der Waals surface area (Å²) >= 11 is 0. The highest BCUT2D eigenvalue weighted by Gasteiger charge is 2.32. The summed E-state index contributed by atoms with van der Waals surface area (Å²) in [6, 6.07) is 8.46. The lowest BCUT2D eigenvalue weighted by molar-refractivity contribution is 0.0381. The van der Waals surface area contributed by atoms with Gasteiger partial charge < -0.3 is 14.5 Å². The van der Waals surface area contributed by atoms with Crippen LogP contribution in [0.3, 0.4) is 0 Å². The topological polar surface area (TPSA) is 68.4 Å². The Labute approximate surface area is 153 Å². The van der Waals surface area contributed by atoms with Crippen molar-refractivity contribution in [1.82, 2.24) is 4.98 Å². The lowest BCUT2D eigenvalue weighted by atomic mass is 9.81. The first-order valence-corrected chi connectivity index (χ1v) is 9.04. The first-order valence-electron chi connectivity index (χ1n) is 9.04. The van der Waals surface area contributed by atoms with Gasteiger partial charge in [0.05, 0.1) is 6.61 Å². The lowest BCUT2D eigenvalue weighted by Gasteiger charge is -2.22. The predicted molar refractivity (Wildman–Crippen MR) is 98.9 cm³/mol. The molecule has 1 atom stereocenters. The number of ether oxygens (including phenoxy) is 2. The third kappa shape index (κ3) is 3.58. The minimum Gasteiger partial charge on any atom is -0.459 e. The molecule has 0 amide bonds. The Balaban J connectivity index is 1.82. The normalized spacial score (nSPS) is 16.4. The minimum absolute atomic E-state index is 0.0838. The van der Waals surface area contributed by atoms with Crippen molar-refractivity contribution >= 4 is 11.8 Å². The zero-order chi connectivity index (χ0) is 18.7. The summed E-state index contributed by atoms with van der Waals surface area (Å²) in [6.45, 7) is 4.47. The molecule has 0 radical (unpaired) electrons. The summed E-state index contributed by atoms with van der Waals surface area (Å²) in [5.41, 5.74) is 5.01. The molecule has 138 valence electrons. The second-order valence-corrected chi connectivity index (χ2v) is 6.73. The number of Topliss-reactive ketones (excluding diaryl/α,β-unsaturated/α-hetero) is 1. The molecular formula is C21H25NO4. The van der Waals surface area contributed by atoms with E-state index in [1.165, 1.54) is 5.56 Å². The molecule has 0 aliphatic heterocycles. The number of methoxy groups -OCH3 is 1. The van der Waals surface area contributed by atoms with Crippen LogP contribution in [0, 0.1) is 6.92 Å². The number of H-pyrrole nitrogens is 1. The first kappa shape index (κ1) is 18.4. The molecule has 0 fully saturated rings. The quantitative estimate of drug-likeness (QED) is 0.635. The van der Waals surface area contributed by atoms with Crippen LogP contribution < -0.4 is 0 Å². The van der Waals surface area contributed by atoms with E-state index in [9.17, 15) is 9.59 Å². The van der Waals surface area contributed by atoms with Crippen LogP contribution in [0.2, 0.25) is 0 Å². The van der Waals surface area contributed by atoms with Crippen LogP contribution in [0.1, 0.15) is 62.5 Å². The molecule has 2 aromatic rings. The van der Waals surface area contributed by atoms with Gasteiger partial charge >= 0.3 is 5.97 Å². The van der Waals surface area contributed by atoms with E-state index < -0.39 is 5.97 Å². The number of hydrogen-bond donors (Lipinski definition) is 1. The van der Waals surface area contributed by atoms with Crippen molar-refractivity contribution in [3.63, 3.8) is 0 Å². The molecule has 0 saturated carbocycles. The molecular weight excluding hydrogens is 330 g/mol. The number of carbonyl (C=O) groups excluding carboxylic acids is 2. The molecule has 1 aliphatic carbocycles. The standard InChI is InChI=1S/C21H25NO4/c1-4-14-5-7-15(8-6-14)16-11-17-19(18(23)12-16)13(2)20(22-17)21(24)26-10-9-25-3/h5-8,16,22H,4,9-12H2,1-3H3/t16-/m0/s1. The zero-order valence-corrected chi connectivity index (χ0v) is 15.6. The van der Waals surface area contributed by atoms with E-state index in [0.29, 0.717) is 29.8 Å². The molecule has 1 aromatic heterocycles. The van der Waals surface area contributed by atoms with Crippen molar-refractivity contribution in [2.24, 2.45) is 0 Å². The fourth-order valence-corrected chi connectivity index (χ4v) is 3.59. The Bertz CT molecular complexity index is 804.